The first-order valence-electron chi connectivity index (χ1n) is 7.60. The lowest BCUT2D eigenvalue weighted by atomic mass is 9.95. The van der Waals surface area contributed by atoms with Gasteiger partial charge in [0.1, 0.15) is 11.6 Å². The average Bonchev–Trinajstić information content (AvgIpc) is 3.03. The highest BCUT2D eigenvalue weighted by molar-refractivity contribution is 5.76. The largest absolute Gasteiger partial charge is 0.330 e. The SMILES string of the molecule is CCCn1c(C2CCCC2CN)nc2cc(F)ccc21. The predicted octanol–water partition coefficient (Wildman–Crippen LogP) is 3.43. The van der Waals surface area contributed by atoms with Crippen LogP contribution in [0.1, 0.15) is 44.3 Å². The number of rotatable bonds is 4. The topological polar surface area (TPSA) is 43.8 Å². The fourth-order valence-electron chi connectivity index (χ4n) is 3.52. The first kappa shape index (κ1) is 13.6. The van der Waals surface area contributed by atoms with E-state index in [0.717, 1.165) is 36.2 Å². The van der Waals surface area contributed by atoms with Crippen LogP contribution in [0.15, 0.2) is 18.2 Å². The quantitative estimate of drug-likeness (QED) is 0.929. The average molecular weight is 275 g/mol. The van der Waals surface area contributed by atoms with Gasteiger partial charge in [-0.15, -0.1) is 0 Å². The molecule has 2 N–H and O–H groups in total. The highest BCUT2D eigenvalue weighted by Crippen LogP contribution is 2.39. The van der Waals surface area contributed by atoms with Crippen LogP contribution in [0.25, 0.3) is 11.0 Å². The van der Waals surface area contributed by atoms with Crippen LogP contribution >= 0.6 is 0 Å². The van der Waals surface area contributed by atoms with Crippen molar-refractivity contribution in [3.63, 3.8) is 0 Å². The Morgan fingerprint density at radius 3 is 3.00 bits per heavy atom. The maximum absolute atomic E-state index is 13.4. The minimum atomic E-state index is -0.216. The molecule has 2 atom stereocenters. The van der Waals surface area contributed by atoms with Crippen molar-refractivity contribution in [3.05, 3.63) is 29.8 Å². The number of fused-ring (bicyclic) bond motifs is 1. The number of aromatic nitrogens is 2. The minimum Gasteiger partial charge on any atom is -0.330 e. The molecule has 3 nitrogen and oxygen atoms in total. The summed E-state index contributed by atoms with van der Waals surface area (Å²) in [5.41, 5.74) is 7.73. The van der Waals surface area contributed by atoms with Gasteiger partial charge in [0.05, 0.1) is 11.0 Å². The maximum atomic E-state index is 13.4. The summed E-state index contributed by atoms with van der Waals surface area (Å²) in [6.07, 6.45) is 4.61. The van der Waals surface area contributed by atoms with Crippen molar-refractivity contribution in [2.24, 2.45) is 11.7 Å². The fourth-order valence-corrected chi connectivity index (χ4v) is 3.52. The van der Waals surface area contributed by atoms with E-state index in [1.165, 1.54) is 25.0 Å². The molecule has 1 fully saturated rings. The standard InChI is InChI=1S/C16H22FN3/c1-2-8-20-15-7-6-12(17)9-14(15)19-16(20)13-5-3-4-11(13)10-18/h6-7,9,11,13H,2-5,8,10,18H2,1H3. The van der Waals surface area contributed by atoms with Crippen molar-refractivity contribution in [1.82, 2.24) is 9.55 Å². The van der Waals surface area contributed by atoms with E-state index in [9.17, 15) is 4.39 Å². The second kappa shape index (κ2) is 5.52. The zero-order valence-electron chi connectivity index (χ0n) is 12.0. The number of imidazole rings is 1. The number of nitrogens with zero attached hydrogens (tertiary/aromatic N) is 2. The van der Waals surface area contributed by atoms with Crippen molar-refractivity contribution in [1.29, 1.82) is 0 Å². The van der Waals surface area contributed by atoms with E-state index < -0.39 is 0 Å². The molecule has 1 aliphatic rings. The van der Waals surface area contributed by atoms with Gasteiger partial charge in [0, 0.05) is 18.5 Å². The Bertz CT molecular complexity index is 605. The molecule has 0 bridgehead atoms. The van der Waals surface area contributed by atoms with Gasteiger partial charge in [-0.2, -0.15) is 0 Å². The lowest BCUT2D eigenvalue weighted by molar-refractivity contribution is 0.459. The van der Waals surface area contributed by atoms with Crippen LogP contribution in [0, 0.1) is 11.7 Å². The minimum absolute atomic E-state index is 0.216. The number of hydrogen-bond donors (Lipinski definition) is 1. The zero-order chi connectivity index (χ0) is 14.1. The molecule has 1 saturated carbocycles. The summed E-state index contributed by atoms with van der Waals surface area (Å²) in [7, 11) is 0. The highest BCUT2D eigenvalue weighted by Gasteiger charge is 2.31. The molecular formula is C16H22FN3. The summed E-state index contributed by atoms with van der Waals surface area (Å²) in [4.78, 5) is 4.74. The number of halogens is 1. The molecular weight excluding hydrogens is 253 g/mol. The molecule has 2 unspecified atom stereocenters. The molecule has 0 spiro atoms. The third-order valence-electron chi connectivity index (χ3n) is 4.48. The van der Waals surface area contributed by atoms with Crippen molar-refractivity contribution in [2.45, 2.75) is 45.1 Å². The van der Waals surface area contributed by atoms with Gasteiger partial charge >= 0.3 is 0 Å². The lowest BCUT2D eigenvalue weighted by Crippen LogP contribution is -2.20. The van der Waals surface area contributed by atoms with Crippen LogP contribution in [-0.2, 0) is 6.54 Å². The van der Waals surface area contributed by atoms with Crippen molar-refractivity contribution >= 4 is 11.0 Å². The van der Waals surface area contributed by atoms with E-state index in [1.807, 2.05) is 6.07 Å². The maximum Gasteiger partial charge on any atom is 0.125 e. The van der Waals surface area contributed by atoms with Gasteiger partial charge in [0.15, 0.2) is 0 Å². The highest BCUT2D eigenvalue weighted by atomic mass is 19.1. The predicted molar refractivity (Wildman–Crippen MR) is 79.1 cm³/mol. The summed E-state index contributed by atoms with van der Waals surface area (Å²) in [6, 6.07) is 4.91. The van der Waals surface area contributed by atoms with Crippen molar-refractivity contribution < 1.29 is 4.39 Å². The Hall–Kier alpha value is -1.42. The molecule has 4 heteroatoms. The molecule has 0 aliphatic heterocycles. The van der Waals surface area contributed by atoms with E-state index in [1.54, 1.807) is 0 Å². The number of aryl methyl sites for hydroxylation is 1. The first-order valence-corrected chi connectivity index (χ1v) is 7.60. The first-order chi connectivity index (χ1) is 9.74. The van der Waals surface area contributed by atoms with E-state index >= 15 is 0 Å². The molecule has 0 radical (unpaired) electrons. The van der Waals surface area contributed by atoms with Crippen LogP contribution in [-0.4, -0.2) is 16.1 Å². The number of nitrogens with two attached hydrogens (primary N) is 1. The van der Waals surface area contributed by atoms with Crippen LogP contribution in [0.4, 0.5) is 4.39 Å². The smallest absolute Gasteiger partial charge is 0.125 e. The summed E-state index contributed by atoms with van der Waals surface area (Å²) in [5.74, 6) is 1.85. The summed E-state index contributed by atoms with van der Waals surface area (Å²) in [6.45, 7) is 3.81. The molecule has 108 valence electrons. The Kier molecular flexibility index (Phi) is 3.74. The molecule has 0 amide bonds. The van der Waals surface area contributed by atoms with Crippen LogP contribution in [0.3, 0.4) is 0 Å². The second-order valence-electron chi connectivity index (χ2n) is 5.79. The zero-order valence-corrected chi connectivity index (χ0v) is 12.0. The van der Waals surface area contributed by atoms with Gasteiger partial charge in [0.2, 0.25) is 0 Å². The monoisotopic (exact) mass is 275 g/mol. The normalized spacial score (nSPS) is 22.8. The van der Waals surface area contributed by atoms with Gasteiger partial charge in [-0.05, 0) is 43.9 Å². The van der Waals surface area contributed by atoms with Gasteiger partial charge in [-0.1, -0.05) is 13.3 Å². The Morgan fingerprint density at radius 1 is 1.40 bits per heavy atom. The van der Waals surface area contributed by atoms with E-state index in [0.29, 0.717) is 18.4 Å². The molecule has 1 aromatic carbocycles. The number of hydrogen-bond acceptors (Lipinski definition) is 2. The van der Waals surface area contributed by atoms with Crippen molar-refractivity contribution in [2.75, 3.05) is 6.54 Å². The summed E-state index contributed by atoms with van der Waals surface area (Å²) < 4.78 is 15.7. The Balaban J connectivity index is 2.11. The molecule has 0 saturated heterocycles. The van der Waals surface area contributed by atoms with Gasteiger partial charge in [-0.25, -0.2) is 9.37 Å². The van der Waals surface area contributed by atoms with Gasteiger partial charge < -0.3 is 10.3 Å². The molecule has 20 heavy (non-hydrogen) atoms. The van der Waals surface area contributed by atoms with E-state index in [2.05, 4.69) is 11.5 Å². The van der Waals surface area contributed by atoms with Crippen molar-refractivity contribution in [3.8, 4) is 0 Å². The molecule has 1 heterocycles. The third kappa shape index (κ3) is 2.22. The van der Waals surface area contributed by atoms with Gasteiger partial charge in [-0.3, -0.25) is 0 Å². The van der Waals surface area contributed by atoms with E-state index in [4.69, 9.17) is 10.7 Å². The van der Waals surface area contributed by atoms with Crippen LogP contribution in [0.2, 0.25) is 0 Å². The van der Waals surface area contributed by atoms with Gasteiger partial charge in [0.25, 0.3) is 0 Å². The third-order valence-corrected chi connectivity index (χ3v) is 4.48. The number of benzene rings is 1. The second-order valence-corrected chi connectivity index (χ2v) is 5.79. The molecule has 3 rings (SSSR count). The molecule has 2 aromatic rings. The lowest BCUT2D eigenvalue weighted by Gasteiger charge is -2.19. The fraction of sp³-hybridized carbons (Fsp3) is 0.562. The van der Waals surface area contributed by atoms with Crippen LogP contribution in [0.5, 0.6) is 0 Å². The summed E-state index contributed by atoms with van der Waals surface area (Å²) >= 11 is 0. The summed E-state index contributed by atoms with van der Waals surface area (Å²) in [5, 5.41) is 0. The Labute approximate surface area is 119 Å². The van der Waals surface area contributed by atoms with E-state index in [-0.39, 0.29) is 5.82 Å². The molecule has 1 aromatic heterocycles. The molecule has 1 aliphatic carbocycles. The van der Waals surface area contributed by atoms with Crippen LogP contribution < -0.4 is 5.73 Å². The Morgan fingerprint density at radius 2 is 2.25 bits per heavy atom.